The van der Waals surface area contributed by atoms with Gasteiger partial charge in [0, 0.05) is 28.0 Å². The molecule has 0 spiro atoms. The SMILES string of the molecule is C=CC(=O)Oc1c2c(c(OC(=O)OC)c3ccccc13)CC=C(CC)C2. The van der Waals surface area contributed by atoms with Gasteiger partial charge in [0.2, 0.25) is 0 Å². The summed E-state index contributed by atoms with van der Waals surface area (Å²) < 4.78 is 15.8. The van der Waals surface area contributed by atoms with Crippen molar-refractivity contribution < 1.29 is 23.8 Å². The highest BCUT2D eigenvalue weighted by atomic mass is 16.7. The highest BCUT2D eigenvalue weighted by molar-refractivity contribution is 5.99. The van der Waals surface area contributed by atoms with E-state index in [4.69, 9.17) is 9.47 Å². The van der Waals surface area contributed by atoms with Gasteiger partial charge in [-0.1, -0.05) is 49.4 Å². The summed E-state index contributed by atoms with van der Waals surface area (Å²) in [6, 6.07) is 7.36. The van der Waals surface area contributed by atoms with Gasteiger partial charge < -0.3 is 14.2 Å². The number of hydrogen-bond acceptors (Lipinski definition) is 5. The van der Waals surface area contributed by atoms with Gasteiger partial charge >= 0.3 is 12.1 Å². The predicted molar refractivity (Wildman–Crippen MR) is 98.6 cm³/mol. The molecule has 0 fully saturated rings. The van der Waals surface area contributed by atoms with Crippen LogP contribution in [0.25, 0.3) is 10.8 Å². The summed E-state index contributed by atoms with van der Waals surface area (Å²) in [4.78, 5) is 23.7. The Labute approximate surface area is 151 Å². The average molecular weight is 352 g/mol. The van der Waals surface area contributed by atoms with Crippen molar-refractivity contribution in [2.45, 2.75) is 26.2 Å². The van der Waals surface area contributed by atoms with Gasteiger partial charge in [-0.3, -0.25) is 0 Å². The lowest BCUT2D eigenvalue weighted by Gasteiger charge is -2.24. The van der Waals surface area contributed by atoms with Gasteiger partial charge in [-0.15, -0.1) is 0 Å². The van der Waals surface area contributed by atoms with Gasteiger partial charge in [0.25, 0.3) is 0 Å². The van der Waals surface area contributed by atoms with Crippen LogP contribution in [0.1, 0.15) is 24.5 Å². The zero-order chi connectivity index (χ0) is 18.7. The molecule has 0 saturated carbocycles. The van der Waals surface area contributed by atoms with Gasteiger partial charge in [0.05, 0.1) is 7.11 Å². The number of methoxy groups -OCH3 is 1. The van der Waals surface area contributed by atoms with Gasteiger partial charge in [-0.25, -0.2) is 9.59 Å². The van der Waals surface area contributed by atoms with E-state index in [1.165, 1.54) is 12.7 Å². The minimum Gasteiger partial charge on any atom is -0.437 e. The molecule has 0 aliphatic heterocycles. The minimum atomic E-state index is -0.779. The van der Waals surface area contributed by atoms with E-state index < -0.39 is 12.1 Å². The topological polar surface area (TPSA) is 61.8 Å². The molecule has 134 valence electrons. The zero-order valence-corrected chi connectivity index (χ0v) is 14.8. The first-order valence-corrected chi connectivity index (χ1v) is 8.43. The smallest absolute Gasteiger partial charge is 0.437 e. The van der Waals surface area contributed by atoms with Crippen LogP contribution < -0.4 is 9.47 Å². The third kappa shape index (κ3) is 3.20. The van der Waals surface area contributed by atoms with Crippen molar-refractivity contribution in [1.82, 2.24) is 0 Å². The lowest BCUT2D eigenvalue weighted by Crippen LogP contribution is -2.15. The van der Waals surface area contributed by atoms with E-state index in [1.54, 1.807) is 0 Å². The largest absolute Gasteiger partial charge is 0.513 e. The lowest BCUT2D eigenvalue weighted by molar-refractivity contribution is -0.128. The van der Waals surface area contributed by atoms with Gasteiger partial charge in [0.15, 0.2) is 0 Å². The standard InChI is InChI=1S/C21H20O5/c1-4-13-10-11-16-17(12-13)20(25-18(22)5-2)15-9-7-6-8-14(15)19(16)26-21(23)24-3/h5-10H,2,4,11-12H2,1,3H3. The van der Waals surface area contributed by atoms with Crippen LogP contribution in [0.15, 0.2) is 48.6 Å². The molecular formula is C21H20O5. The van der Waals surface area contributed by atoms with Crippen LogP contribution in [0, 0.1) is 0 Å². The normalized spacial score (nSPS) is 12.8. The summed E-state index contributed by atoms with van der Waals surface area (Å²) in [5.41, 5.74) is 2.93. The van der Waals surface area contributed by atoms with Crippen LogP contribution in [-0.4, -0.2) is 19.2 Å². The Morgan fingerprint density at radius 3 is 2.35 bits per heavy atom. The van der Waals surface area contributed by atoms with Crippen LogP contribution >= 0.6 is 0 Å². The predicted octanol–water partition coefficient (Wildman–Crippen LogP) is 4.51. The molecule has 5 heteroatoms. The zero-order valence-electron chi connectivity index (χ0n) is 14.8. The molecule has 1 aliphatic rings. The number of carbonyl (C=O) groups excluding carboxylic acids is 2. The molecule has 5 nitrogen and oxygen atoms in total. The second kappa shape index (κ2) is 7.44. The maximum Gasteiger partial charge on any atom is 0.513 e. The monoisotopic (exact) mass is 352 g/mol. The number of esters is 1. The van der Waals surface area contributed by atoms with E-state index in [-0.39, 0.29) is 0 Å². The van der Waals surface area contributed by atoms with E-state index in [9.17, 15) is 9.59 Å². The number of benzene rings is 2. The van der Waals surface area contributed by atoms with Crippen LogP contribution in [0.2, 0.25) is 0 Å². The van der Waals surface area contributed by atoms with E-state index in [0.717, 1.165) is 23.6 Å². The molecule has 26 heavy (non-hydrogen) atoms. The fourth-order valence-corrected chi connectivity index (χ4v) is 3.20. The second-order valence-corrected chi connectivity index (χ2v) is 5.94. The van der Waals surface area contributed by atoms with Crippen molar-refractivity contribution in [3.63, 3.8) is 0 Å². The molecule has 0 heterocycles. The van der Waals surface area contributed by atoms with Gasteiger partial charge in [-0.05, 0) is 19.3 Å². The Hall–Kier alpha value is -3.08. The van der Waals surface area contributed by atoms with E-state index in [2.05, 4.69) is 24.3 Å². The summed E-state index contributed by atoms with van der Waals surface area (Å²) in [6.45, 7) is 5.56. The molecule has 0 atom stereocenters. The van der Waals surface area contributed by atoms with E-state index in [1.807, 2.05) is 24.3 Å². The molecule has 0 saturated heterocycles. The summed E-state index contributed by atoms with van der Waals surface area (Å²) >= 11 is 0. The Balaban J connectivity index is 2.29. The number of rotatable bonds is 4. The molecule has 0 aromatic heterocycles. The van der Waals surface area contributed by atoms with Crippen LogP contribution in [0.3, 0.4) is 0 Å². The first-order valence-electron chi connectivity index (χ1n) is 8.43. The molecule has 0 radical (unpaired) electrons. The first-order chi connectivity index (χ1) is 12.6. The van der Waals surface area contributed by atoms with Crippen molar-refractivity contribution >= 4 is 22.9 Å². The third-order valence-corrected chi connectivity index (χ3v) is 4.50. The fourth-order valence-electron chi connectivity index (χ4n) is 3.20. The molecule has 3 rings (SSSR count). The summed E-state index contributed by atoms with van der Waals surface area (Å²) in [5.74, 6) is 0.426. The van der Waals surface area contributed by atoms with E-state index in [0.29, 0.717) is 35.1 Å². The van der Waals surface area contributed by atoms with Gasteiger partial charge in [-0.2, -0.15) is 0 Å². The molecule has 2 aromatic carbocycles. The maximum absolute atomic E-state index is 11.9. The van der Waals surface area contributed by atoms with Crippen LogP contribution in [0.5, 0.6) is 11.5 Å². The number of allylic oxidation sites excluding steroid dienone is 2. The molecule has 0 bridgehead atoms. The lowest BCUT2D eigenvalue weighted by atomic mass is 9.86. The van der Waals surface area contributed by atoms with Crippen molar-refractivity contribution in [2.75, 3.05) is 7.11 Å². The molecular weight excluding hydrogens is 332 g/mol. The number of carbonyl (C=O) groups is 2. The minimum absolute atomic E-state index is 0.451. The first kappa shape index (κ1) is 17.7. The molecule has 0 amide bonds. The number of hydrogen-bond donors (Lipinski definition) is 0. The van der Waals surface area contributed by atoms with Crippen LogP contribution in [-0.2, 0) is 22.4 Å². The highest BCUT2D eigenvalue weighted by Crippen LogP contribution is 2.44. The maximum atomic E-state index is 11.9. The molecule has 0 N–H and O–H groups in total. The highest BCUT2D eigenvalue weighted by Gasteiger charge is 2.26. The number of ether oxygens (including phenoxy) is 3. The Morgan fingerprint density at radius 1 is 1.12 bits per heavy atom. The summed E-state index contributed by atoms with van der Waals surface area (Å²) in [7, 11) is 1.27. The van der Waals surface area contributed by atoms with Crippen molar-refractivity contribution in [3.8, 4) is 11.5 Å². The fraction of sp³-hybridized carbons (Fsp3) is 0.238. The second-order valence-electron chi connectivity index (χ2n) is 5.94. The molecule has 0 unspecified atom stereocenters. The molecule has 2 aromatic rings. The third-order valence-electron chi connectivity index (χ3n) is 4.50. The average Bonchev–Trinajstić information content (AvgIpc) is 2.69. The van der Waals surface area contributed by atoms with Crippen molar-refractivity contribution in [1.29, 1.82) is 0 Å². The number of fused-ring (bicyclic) bond motifs is 2. The molecule has 1 aliphatic carbocycles. The van der Waals surface area contributed by atoms with E-state index >= 15 is 0 Å². The van der Waals surface area contributed by atoms with Crippen molar-refractivity contribution in [2.24, 2.45) is 0 Å². The Morgan fingerprint density at radius 2 is 1.77 bits per heavy atom. The Kier molecular flexibility index (Phi) is 5.07. The van der Waals surface area contributed by atoms with Crippen LogP contribution in [0.4, 0.5) is 4.79 Å². The van der Waals surface area contributed by atoms with Crippen molar-refractivity contribution in [3.05, 3.63) is 59.7 Å². The summed E-state index contributed by atoms with van der Waals surface area (Å²) in [6.07, 6.45) is 4.61. The summed E-state index contributed by atoms with van der Waals surface area (Å²) in [5, 5.41) is 1.40. The van der Waals surface area contributed by atoms with Gasteiger partial charge in [0.1, 0.15) is 11.5 Å². The quantitative estimate of drug-likeness (QED) is 0.266. The Bertz CT molecular complexity index is 924.